The van der Waals surface area contributed by atoms with Crippen molar-refractivity contribution in [2.45, 2.75) is 10.1 Å². The van der Waals surface area contributed by atoms with Crippen molar-refractivity contribution in [3.8, 4) is 5.75 Å². The van der Waals surface area contributed by atoms with Gasteiger partial charge in [-0.1, -0.05) is 30.3 Å². The van der Waals surface area contributed by atoms with Crippen LogP contribution in [0.2, 0.25) is 0 Å². The van der Waals surface area contributed by atoms with Gasteiger partial charge in [0.1, 0.15) is 5.75 Å². The summed E-state index contributed by atoms with van der Waals surface area (Å²) in [5, 5.41) is 7.69. The van der Waals surface area contributed by atoms with Gasteiger partial charge in [0, 0.05) is 0 Å². The highest BCUT2D eigenvalue weighted by molar-refractivity contribution is 7.92. The van der Waals surface area contributed by atoms with Crippen LogP contribution < -0.4 is 4.74 Å². The monoisotopic (exact) mass is 306 g/mol. The first-order valence-corrected chi connectivity index (χ1v) is 7.67. The quantitative estimate of drug-likeness (QED) is 0.916. The van der Waals surface area contributed by atoms with Crippen LogP contribution in [0.15, 0.2) is 59.5 Å². The third kappa shape index (κ3) is 3.05. The van der Waals surface area contributed by atoms with Gasteiger partial charge in [-0.05, 0) is 29.8 Å². The minimum atomic E-state index is -4.03. The van der Waals surface area contributed by atoms with Crippen molar-refractivity contribution < 1.29 is 23.1 Å². The highest BCUT2D eigenvalue weighted by Crippen LogP contribution is 2.30. The van der Waals surface area contributed by atoms with Crippen LogP contribution in [0, 0.1) is 0 Å². The molecule has 0 aliphatic rings. The van der Waals surface area contributed by atoms with Crippen LogP contribution >= 0.6 is 0 Å². The molecule has 0 spiro atoms. The summed E-state index contributed by atoms with van der Waals surface area (Å²) in [5.74, 6) is -0.905. The standard InChI is InChI=1S/C15H14O5S/c1-20-12-7-9-13(10-8-12)21(18,19)14(15(16)17)11-5-3-2-4-6-11/h2-10,14H,1H3,(H,16,17). The van der Waals surface area contributed by atoms with Crippen molar-refractivity contribution in [3.63, 3.8) is 0 Å². The third-order valence-electron chi connectivity index (χ3n) is 3.02. The molecule has 1 N–H and O–H groups in total. The number of carboxylic acid groups (broad SMARTS) is 1. The molecule has 2 aromatic carbocycles. The fraction of sp³-hybridized carbons (Fsp3) is 0.133. The lowest BCUT2D eigenvalue weighted by Gasteiger charge is -2.14. The summed E-state index contributed by atoms with van der Waals surface area (Å²) in [5.41, 5.74) is 0.223. The molecule has 1 unspecified atom stereocenters. The van der Waals surface area contributed by atoms with E-state index < -0.39 is 21.1 Å². The molecule has 0 aromatic heterocycles. The summed E-state index contributed by atoms with van der Waals surface area (Å²) < 4.78 is 30.1. The summed E-state index contributed by atoms with van der Waals surface area (Å²) >= 11 is 0. The lowest BCUT2D eigenvalue weighted by atomic mass is 10.1. The highest BCUT2D eigenvalue weighted by atomic mass is 32.2. The Kier molecular flexibility index (Phi) is 4.28. The van der Waals surface area contributed by atoms with E-state index in [9.17, 15) is 18.3 Å². The van der Waals surface area contributed by atoms with Gasteiger partial charge in [-0.2, -0.15) is 0 Å². The Bertz CT molecular complexity index is 720. The second-order valence-electron chi connectivity index (χ2n) is 4.35. The summed E-state index contributed by atoms with van der Waals surface area (Å²) in [6.45, 7) is 0. The first kappa shape index (κ1) is 15.1. The van der Waals surface area contributed by atoms with Crippen molar-refractivity contribution in [2.24, 2.45) is 0 Å². The molecule has 0 fully saturated rings. The molecule has 0 amide bonds. The zero-order valence-corrected chi connectivity index (χ0v) is 12.1. The van der Waals surface area contributed by atoms with E-state index in [0.29, 0.717) is 5.75 Å². The molecular weight excluding hydrogens is 292 g/mol. The Morgan fingerprint density at radius 1 is 1.05 bits per heavy atom. The van der Waals surface area contributed by atoms with Crippen molar-refractivity contribution in [1.82, 2.24) is 0 Å². The van der Waals surface area contributed by atoms with Crippen molar-refractivity contribution >= 4 is 15.8 Å². The van der Waals surface area contributed by atoms with E-state index in [1.165, 1.54) is 43.5 Å². The molecule has 0 aliphatic heterocycles. The number of hydrogen-bond acceptors (Lipinski definition) is 4. The minimum Gasteiger partial charge on any atom is -0.497 e. The molecule has 2 rings (SSSR count). The summed E-state index contributed by atoms with van der Waals surface area (Å²) in [6.07, 6.45) is 0. The smallest absolute Gasteiger partial charge is 0.326 e. The van der Waals surface area contributed by atoms with E-state index >= 15 is 0 Å². The van der Waals surface area contributed by atoms with Crippen molar-refractivity contribution in [3.05, 3.63) is 60.2 Å². The number of aliphatic carboxylic acids is 1. The lowest BCUT2D eigenvalue weighted by molar-refractivity contribution is -0.136. The molecule has 0 saturated heterocycles. The number of carbonyl (C=O) groups is 1. The van der Waals surface area contributed by atoms with Crippen LogP contribution in [0.25, 0.3) is 0 Å². The average Bonchev–Trinajstić information content (AvgIpc) is 2.48. The van der Waals surface area contributed by atoms with Gasteiger partial charge in [0.25, 0.3) is 0 Å². The van der Waals surface area contributed by atoms with Gasteiger partial charge in [-0.15, -0.1) is 0 Å². The van der Waals surface area contributed by atoms with E-state index in [1.54, 1.807) is 18.2 Å². The molecular formula is C15H14O5S. The topological polar surface area (TPSA) is 80.7 Å². The number of carboxylic acids is 1. The maximum Gasteiger partial charge on any atom is 0.326 e. The van der Waals surface area contributed by atoms with Gasteiger partial charge >= 0.3 is 5.97 Å². The molecule has 1 atom stereocenters. The summed E-state index contributed by atoms with van der Waals surface area (Å²) in [7, 11) is -2.57. The molecule has 21 heavy (non-hydrogen) atoms. The molecule has 0 radical (unpaired) electrons. The first-order chi connectivity index (χ1) is 9.96. The van der Waals surface area contributed by atoms with E-state index in [4.69, 9.17) is 4.74 Å². The van der Waals surface area contributed by atoms with Gasteiger partial charge in [0.2, 0.25) is 0 Å². The van der Waals surface area contributed by atoms with Crippen molar-refractivity contribution in [2.75, 3.05) is 7.11 Å². The number of rotatable bonds is 5. The summed E-state index contributed by atoms with van der Waals surface area (Å²) in [6, 6.07) is 13.5. The number of methoxy groups -OCH3 is 1. The van der Waals surface area contributed by atoms with E-state index in [0.717, 1.165) is 0 Å². The molecule has 5 nitrogen and oxygen atoms in total. The molecule has 0 bridgehead atoms. The normalized spacial score (nSPS) is 12.6. The number of sulfone groups is 1. The molecule has 0 saturated carbocycles. The van der Waals surface area contributed by atoms with Gasteiger partial charge in [0.15, 0.2) is 15.1 Å². The van der Waals surface area contributed by atoms with Crippen LogP contribution in [-0.2, 0) is 14.6 Å². The molecule has 110 valence electrons. The molecule has 6 heteroatoms. The fourth-order valence-electron chi connectivity index (χ4n) is 1.98. The lowest BCUT2D eigenvalue weighted by Crippen LogP contribution is -2.22. The Morgan fingerprint density at radius 2 is 1.62 bits per heavy atom. The Labute approximate surface area is 122 Å². The van der Waals surface area contributed by atoms with Gasteiger partial charge in [0.05, 0.1) is 12.0 Å². The maximum atomic E-state index is 12.6. The molecule has 2 aromatic rings. The van der Waals surface area contributed by atoms with E-state index in [1.807, 2.05) is 0 Å². The average molecular weight is 306 g/mol. The third-order valence-corrected chi connectivity index (χ3v) is 5.05. The van der Waals surface area contributed by atoms with Crippen LogP contribution in [0.1, 0.15) is 10.8 Å². The molecule has 0 heterocycles. The Morgan fingerprint density at radius 3 is 2.10 bits per heavy atom. The van der Waals surface area contributed by atoms with Crippen LogP contribution in [0.4, 0.5) is 0 Å². The first-order valence-electron chi connectivity index (χ1n) is 6.12. The highest BCUT2D eigenvalue weighted by Gasteiger charge is 2.35. The Balaban J connectivity index is 2.50. The van der Waals surface area contributed by atoms with Crippen LogP contribution in [0.5, 0.6) is 5.75 Å². The van der Waals surface area contributed by atoms with E-state index in [-0.39, 0.29) is 10.5 Å². The maximum absolute atomic E-state index is 12.6. The minimum absolute atomic E-state index is 0.0560. The van der Waals surface area contributed by atoms with Crippen molar-refractivity contribution in [1.29, 1.82) is 0 Å². The fourth-order valence-corrected chi connectivity index (χ4v) is 3.55. The zero-order chi connectivity index (χ0) is 15.5. The van der Waals surface area contributed by atoms with Gasteiger partial charge in [-0.3, -0.25) is 4.79 Å². The Hall–Kier alpha value is -2.34. The molecule has 0 aliphatic carbocycles. The van der Waals surface area contributed by atoms with Gasteiger partial charge in [-0.25, -0.2) is 8.42 Å². The largest absolute Gasteiger partial charge is 0.497 e. The second kappa shape index (κ2) is 5.97. The second-order valence-corrected chi connectivity index (χ2v) is 6.38. The SMILES string of the molecule is COc1ccc(S(=O)(=O)C(C(=O)O)c2ccccc2)cc1. The number of ether oxygens (including phenoxy) is 1. The predicted molar refractivity (Wildman–Crippen MR) is 77.0 cm³/mol. The van der Waals surface area contributed by atoms with E-state index in [2.05, 4.69) is 0 Å². The number of hydrogen-bond donors (Lipinski definition) is 1. The number of benzene rings is 2. The predicted octanol–water partition coefficient (Wildman–Crippen LogP) is 2.29. The van der Waals surface area contributed by atoms with Crippen LogP contribution in [0.3, 0.4) is 0 Å². The zero-order valence-electron chi connectivity index (χ0n) is 11.3. The van der Waals surface area contributed by atoms with Gasteiger partial charge < -0.3 is 9.84 Å². The summed E-state index contributed by atoms with van der Waals surface area (Å²) in [4.78, 5) is 11.4. The van der Waals surface area contributed by atoms with Crippen LogP contribution in [-0.4, -0.2) is 26.6 Å².